The Labute approximate surface area is 179 Å². The van der Waals surface area contributed by atoms with Crippen LogP contribution in [0.3, 0.4) is 0 Å². The lowest BCUT2D eigenvalue weighted by Gasteiger charge is -2.12. The van der Waals surface area contributed by atoms with Crippen LogP contribution in [0.25, 0.3) is 0 Å². The quantitative estimate of drug-likeness (QED) is 0.528. The number of carbonyl (C=O) groups is 1. The van der Waals surface area contributed by atoms with Crippen LogP contribution in [0.2, 0.25) is 10.0 Å². The molecule has 0 heterocycles. The van der Waals surface area contributed by atoms with Crippen molar-refractivity contribution in [3.63, 3.8) is 0 Å². The van der Waals surface area contributed by atoms with Gasteiger partial charge in [-0.15, -0.1) is 0 Å². The van der Waals surface area contributed by atoms with E-state index >= 15 is 0 Å². The third kappa shape index (κ3) is 5.09. The van der Waals surface area contributed by atoms with E-state index in [9.17, 15) is 13.2 Å². The molecule has 0 aliphatic heterocycles. The third-order valence-electron chi connectivity index (χ3n) is 4.21. The third-order valence-corrected chi connectivity index (χ3v) is 6.15. The standard InChI is InChI=1S/C21H18Cl2N2O3S/c1-13-4-3-5-16(10-13)25-29(27,28)17-8-9-19(23)18(12-17)21(26)24-20-11-15(22)7-6-14(20)2/h3-12,25H,1-2H3,(H,24,26). The van der Waals surface area contributed by atoms with Gasteiger partial charge in [0.1, 0.15) is 0 Å². The SMILES string of the molecule is Cc1cccc(NS(=O)(=O)c2ccc(Cl)c(C(=O)Nc3cc(Cl)ccc3C)c2)c1. The van der Waals surface area contributed by atoms with Gasteiger partial charge in [-0.1, -0.05) is 41.4 Å². The molecule has 29 heavy (non-hydrogen) atoms. The van der Waals surface area contributed by atoms with Crippen molar-refractivity contribution in [3.8, 4) is 0 Å². The Balaban J connectivity index is 1.91. The maximum absolute atomic E-state index is 12.8. The minimum atomic E-state index is -3.90. The van der Waals surface area contributed by atoms with Crippen molar-refractivity contribution >= 4 is 50.5 Å². The predicted octanol–water partition coefficient (Wildman–Crippen LogP) is 5.66. The molecular formula is C21H18Cl2N2O3S. The van der Waals surface area contributed by atoms with Crippen LogP contribution in [0.1, 0.15) is 21.5 Å². The lowest BCUT2D eigenvalue weighted by atomic mass is 10.1. The fourth-order valence-electron chi connectivity index (χ4n) is 2.69. The van der Waals surface area contributed by atoms with Crippen molar-refractivity contribution in [2.24, 2.45) is 0 Å². The van der Waals surface area contributed by atoms with Gasteiger partial charge in [-0.25, -0.2) is 8.42 Å². The maximum Gasteiger partial charge on any atom is 0.261 e. The molecule has 0 spiro atoms. The molecule has 0 bridgehead atoms. The van der Waals surface area contributed by atoms with E-state index < -0.39 is 15.9 Å². The summed E-state index contributed by atoms with van der Waals surface area (Å²) in [4.78, 5) is 12.7. The van der Waals surface area contributed by atoms with Gasteiger partial charge in [0.15, 0.2) is 0 Å². The van der Waals surface area contributed by atoms with Gasteiger partial charge in [-0.3, -0.25) is 9.52 Å². The van der Waals surface area contributed by atoms with Gasteiger partial charge >= 0.3 is 0 Å². The highest BCUT2D eigenvalue weighted by molar-refractivity contribution is 7.92. The fraction of sp³-hybridized carbons (Fsp3) is 0.0952. The number of amides is 1. The van der Waals surface area contributed by atoms with E-state index in [1.54, 1.807) is 36.4 Å². The lowest BCUT2D eigenvalue weighted by Crippen LogP contribution is -2.17. The van der Waals surface area contributed by atoms with Crippen LogP contribution >= 0.6 is 23.2 Å². The van der Waals surface area contributed by atoms with Crippen molar-refractivity contribution in [1.82, 2.24) is 0 Å². The maximum atomic E-state index is 12.8. The molecule has 0 aliphatic rings. The number of anilines is 2. The van der Waals surface area contributed by atoms with Gasteiger partial charge in [0.05, 0.1) is 15.5 Å². The fourth-order valence-corrected chi connectivity index (χ4v) is 4.14. The molecule has 8 heteroatoms. The van der Waals surface area contributed by atoms with E-state index in [1.165, 1.54) is 18.2 Å². The summed E-state index contributed by atoms with van der Waals surface area (Å²) < 4.78 is 28.0. The van der Waals surface area contributed by atoms with Gasteiger partial charge in [-0.05, 0) is 67.4 Å². The Morgan fingerprint density at radius 1 is 0.931 bits per heavy atom. The number of benzene rings is 3. The number of sulfonamides is 1. The van der Waals surface area contributed by atoms with Crippen LogP contribution in [-0.2, 0) is 10.0 Å². The van der Waals surface area contributed by atoms with Gasteiger partial charge in [0.2, 0.25) is 0 Å². The zero-order valence-electron chi connectivity index (χ0n) is 15.7. The largest absolute Gasteiger partial charge is 0.322 e. The second-order valence-electron chi connectivity index (χ2n) is 6.53. The van der Waals surface area contributed by atoms with Crippen LogP contribution in [0.15, 0.2) is 65.6 Å². The molecule has 3 aromatic rings. The topological polar surface area (TPSA) is 75.3 Å². The first-order chi connectivity index (χ1) is 13.7. The smallest absolute Gasteiger partial charge is 0.261 e. The molecule has 3 aromatic carbocycles. The number of hydrogen-bond acceptors (Lipinski definition) is 3. The van der Waals surface area contributed by atoms with Crippen molar-refractivity contribution in [1.29, 1.82) is 0 Å². The summed E-state index contributed by atoms with van der Waals surface area (Å²) in [7, 11) is -3.90. The number of carbonyl (C=O) groups excluding carboxylic acids is 1. The molecule has 5 nitrogen and oxygen atoms in total. The summed E-state index contributed by atoms with van der Waals surface area (Å²) in [5, 5.41) is 3.32. The average molecular weight is 449 g/mol. The van der Waals surface area contributed by atoms with Gasteiger partial charge in [-0.2, -0.15) is 0 Å². The van der Waals surface area contributed by atoms with Crippen LogP contribution < -0.4 is 10.0 Å². The highest BCUT2D eigenvalue weighted by Crippen LogP contribution is 2.25. The molecule has 0 fully saturated rings. The first-order valence-electron chi connectivity index (χ1n) is 8.62. The highest BCUT2D eigenvalue weighted by atomic mass is 35.5. The van der Waals surface area contributed by atoms with E-state index in [2.05, 4.69) is 10.0 Å². The molecule has 1 amide bonds. The normalized spacial score (nSPS) is 11.2. The summed E-state index contributed by atoms with van der Waals surface area (Å²) in [5.74, 6) is -0.534. The Bertz CT molecular complexity index is 1190. The summed E-state index contributed by atoms with van der Waals surface area (Å²) in [6, 6.07) is 16.0. The monoisotopic (exact) mass is 448 g/mol. The molecule has 150 valence electrons. The molecule has 0 radical (unpaired) electrons. The van der Waals surface area contributed by atoms with Crippen molar-refractivity contribution in [2.75, 3.05) is 10.0 Å². The Morgan fingerprint density at radius 2 is 1.69 bits per heavy atom. The van der Waals surface area contributed by atoms with E-state index in [0.29, 0.717) is 16.4 Å². The first-order valence-corrected chi connectivity index (χ1v) is 10.9. The zero-order chi connectivity index (χ0) is 21.2. The molecule has 0 saturated heterocycles. The van der Waals surface area contributed by atoms with Gasteiger partial charge in [0, 0.05) is 16.4 Å². The molecule has 0 saturated carbocycles. The van der Waals surface area contributed by atoms with E-state index in [1.807, 2.05) is 19.9 Å². The van der Waals surface area contributed by atoms with E-state index in [-0.39, 0.29) is 15.5 Å². The number of hydrogen-bond donors (Lipinski definition) is 2. The van der Waals surface area contributed by atoms with E-state index in [0.717, 1.165) is 11.1 Å². The average Bonchev–Trinajstić information content (AvgIpc) is 2.64. The number of rotatable bonds is 5. The second kappa shape index (κ2) is 8.45. The van der Waals surface area contributed by atoms with Crippen molar-refractivity contribution < 1.29 is 13.2 Å². The molecule has 2 N–H and O–H groups in total. The van der Waals surface area contributed by atoms with Gasteiger partial charge < -0.3 is 5.32 Å². The predicted molar refractivity (Wildman–Crippen MR) is 118 cm³/mol. The summed E-state index contributed by atoms with van der Waals surface area (Å²) in [6.07, 6.45) is 0. The Kier molecular flexibility index (Phi) is 6.17. The molecule has 3 rings (SSSR count). The van der Waals surface area contributed by atoms with Crippen LogP contribution in [0.5, 0.6) is 0 Å². The second-order valence-corrected chi connectivity index (χ2v) is 9.06. The summed E-state index contributed by atoms with van der Waals surface area (Å²) >= 11 is 12.1. The van der Waals surface area contributed by atoms with Crippen LogP contribution in [-0.4, -0.2) is 14.3 Å². The van der Waals surface area contributed by atoms with E-state index in [4.69, 9.17) is 23.2 Å². The molecule has 0 atom stereocenters. The van der Waals surface area contributed by atoms with Crippen molar-refractivity contribution in [2.45, 2.75) is 18.7 Å². The Hall–Kier alpha value is -2.54. The molecule has 0 unspecified atom stereocenters. The lowest BCUT2D eigenvalue weighted by molar-refractivity contribution is 0.102. The minimum Gasteiger partial charge on any atom is -0.322 e. The van der Waals surface area contributed by atoms with Crippen molar-refractivity contribution in [3.05, 3.63) is 87.4 Å². The molecular weight excluding hydrogens is 431 g/mol. The first kappa shape index (κ1) is 21.2. The Morgan fingerprint density at radius 3 is 2.41 bits per heavy atom. The van der Waals surface area contributed by atoms with Crippen LogP contribution in [0.4, 0.5) is 11.4 Å². The summed E-state index contributed by atoms with van der Waals surface area (Å²) in [6.45, 7) is 3.68. The minimum absolute atomic E-state index is 0.0400. The van der Waals surface area contributed by atoms with Gasteiger partial charge in [0.25, 0.3) is 15.9 Å². The van der Waals surface area contributed by atoms with Crippen LogP contribution in [0, 0.1) is 13.8 Å². The summed E-state index contributed by atoms with van der Waals surface area (Å²) in [5.41, 5.74) is 2.71. The zero-order valence-corrected chi connectivity index (χ0v) is 18.0. The number of aryl methyl sites for hydroxylation is 2. The highest BCUT2D eigenvalue weighted by Gasteiger charge is 2.19. The number of nitrogens with one attached hydrogen (secondary N) is 2. The molecule has 0 aliphatic carbocycles. The number of halogens is 2. The molecule has 0 aromatic heterocycles.